The molecule has 3 aromatic rings. The smallest absolute Gasteiger partial charge is 0.279 e. The summed E-state index contributed by atoms with van der Waals surface area (Å²) >= 11 is 13.7. The van der Waals surface area contributed by atoms with Crippen molar-refractivity contribution >= 4 is 60.7 Å². The first kappa shape index (κ1) is 23.4. The van der Waals surface area contributed by atoms with E-state index < -0.39 is 15.9 Å². The highest BCUT2D eigenvalue weighted by Crippen LogP contribution is 2.31. The number of benzene rings is 2. The maximum absolute atomic E-state index is 13.0. The van der Waals surface area contributed by atoms with Crippen LogP contribution in [-0.2, 0) is 17.1 Å². The quantitative estimate of drug-likeness (QED) is 0.480. The van der Waals surface area contributed by atoms with Crippen molar-refractivity contribution in [2.24, 2.45) is 12.0 Å². The Bertz CT molecular complexity index is 1340. The van der Waals surface area contributed by atoms with E-state index in [0.717, 1.165) is 36.8 Å². The molecule has 1 aliphatic carbocycles. The topological polar surface area (TPSA) is 71.7 Å². The van der Waals surface area contributed by atoms with Gasteiger partial charge in [0.2, 0.25) is 10.0 Å². The van der Waals surface area contributed by atoms with E-state index >= 15 is 0 Å². The number of rotatable bonds is 4. The largest absolute Gasteiger partial charge is 0.318 e. The molecule has 0 unspecified atom stereocenters. The Labute approximate surface area is 201 Å². The number of hydrogen-bond donors (Lipinski definition) is 0. The first-order chi connectivity index (χ1) is 15.2. The van der Waals surface area contributed by atoms with Crippen LogP contribution in [0.5, 0.6) is 0 Å². The molecule has 1 aromatic heterocycles. The van der Waals surface area contributed by atoms with Gasteiger partial charge in [0.05, 0.1) is 25.2 Å². The van der Waals surface area contributed by atoms with E-state index in [2.05, 4.69) is 4.99 Å². The van der Waals surface area contributed by atoms with Crippen molar-refractivity contribution in [3.05, 3.63) is 56.8 Å². The second-order valence-electron chi connectivity index (χ2n) is 7.91. The molecule has 32 heavy (non-hydrogen) atoms. The second-order valence-corrected chi connectivity index (χ2v) is 11.7. The summed E-state index contributed by atoms with van der Waals surface area (Å²) in [7, 11) is -0.205. The molecule has 0 spiro atoms. The first-order valence-electron chi connectivity index (χ1n) is 10.3. The average molecular weight is 512 g/mol. The predicted molar refractivity (Wildman–Crippen MR) is 129 cm³/mol. The molecule has 0 radical (unpaired) electrons. The zero-order valence-electron chi connectivity index (χ0n) is 17.7. The fraction of sp³-hybridized carbons (Fsp3) is 0.364. The molecule has 0 atom stereocenters. The third-order valence-electron chi connectivity index (χ3n) is 5.92. The maximum atomic E-state index is 13.0. The molecule has 2 aromatic carbocycles. The molecule has 6 nitrogen and oxygen atoms in total. The summed E-state index contributed by atoms with van der Waals surface area (Å²) in [6.07, 6.45) is 5.01. The number of carbonyl (C=O) groups excluding carboxylic acids is 1. The Kier molecular flexibility index (Phi) is 6.79. The molecular formula is C22H23Cl2N3O3S2. The van der Waals surface area contributed by atoms with Gasteiger partial charge in [-0.3, -0.25) is 4.79 Å². The van der Waals surface area contributed by atoms with E-state index in [1.54, 1.807) is 24.7 Å². The average Bonchev–Trinajstić information content (AvgIpc) is 3.12. The Hall–Kier alpha value is -1.71. The molecule has 1 heterocycles. The Morgan fingerprint density at radius 3 is 2.41 bits per heavy atom. The van der Waals surface area contributed by atoms with Gasteiger partial charge in [-0.1, -0.05) is 53.8 Å². The number of aryl methyl sites for hydroxylation is 1. The SMILES string of the molecule is CN(C1CCCCC1)S(=O)(=O)c1ccc(C(=O)N=c2sc3ccc(Cl)c(Cl)c3n2C)cc1. The van der Waals surface area contributed by atoms with E-state index in [4.69, 9.17) is 23.2 Å². The molecule has 10 heteroatoms. The fourth-order valence-corrected chi connectivity index (χ4v) is 6.95. The van der Waals surface area contributed by atoms with Crippen LogP contribution in [0.2, 0.25) is 10.0 Å². The highest BCUT2D eigenvalue weighted by molar-refractivity contribution is 7.89. The monoisotopic (exact) mass is 511 g/mol. The van der Waals surface area contributed by atoms with Gasteiger partial charge in [0.1, 0.15) is 0 Å². The lowest BCUT2D eigenvalue weighted by molar-refractivity contribution is 0.0998. The maximum Gasteiger partial charge on any atom is 0.279 e. The Morgan fingerprint density at radius 1 is 1.09 bits per heavy atom. The van der Waals surface area contributed by atoms with Crippen LogP contribution >= 0.6 is 34.5 Å². The molecule has 0 saturated heterocycles. The van der Waals surface area contributed by atoms with Crippen LogP contribution in [0, 0.1) is 0 Å². The van der Waals surface area contributed by atoms with Gasteiger partial charge in [-0.25, -0.2) is 8.42 Å². The van der Waals surface area contributed by atoms with E-state index in [1.807, 2.05) is 6.07 Å². The molecule has 0 aliphatic heterocycles. The number of sulfonamides is 1. The summed E-state index contributed by atoms with van der Waals surface area (Å²) in [5, 5.41) is 0.842. The minimum Gasteiger partial charge on any atom is -0.318 e. The van der Waals surface area contributed by atoms with Crippen molar-refractivity contribution in [1.29, 1.82) is 0 Å². The summed E-state index contributed by atoms with van der Waals surface area (Å²) in [6, 6.07) is 9.52. The number of halogens is 2. The van der Waals surface area contributed by atoms with E-state index in [9.17, 15) is 13.2 Å². The summed E-state index contributed by atoms with van der Waals surface area (Å²) < 4.78 is 30.1. The molecule has 170 valence electrons. The van der Waals surface area contributed by atoms with Gasteiger partial charge < -0.3 is 4.57 Å². The summed E-state index contributed by atoms with van der Waals surface area (Å²) in [4.78, 5) is 17.6. The highest BCUT2D eigenvalue weighted by Gasteiger charge is 2.29. The van der Waals surface area contributed by atoms with Crippen LogP contribution in [0.25, 0.3) is 10.2 Å². The molecular weight excluding hydrogens is 489 g/mol. The fourth-order valence-electron chi connectivity index (χ4n) is 4.01. The molecule has 0 bridgehead atoms. The van der Waals surface area contributed by atoms with Crippen molar-refractivity contribution in [3.8, 4) is 0 Å². The number of thiazole rings is 1. The molecule has 4 rings (SSSR count). The second kappa shape index (κ2) is 9.27. The van der Waals surface area contributed by atoms with Crippen LogP contribution in [0.15, 0.2) is 46.3 Å². The lowest BCUT2D eigenvalue weighted by Crippen LogP contribution is -2.38. The van der Waals surface area contributed by atoms with Crippen molar-refractivity contribution in [1.82, 2.24) is 8.87 Å². The van der Waals surface area contributed by atoms with Gasteiger partial charge in [-0.05, 0) is 49.2 Å². The first-order valence-corrected chi connectivity index (χ1v) is 13.3. The number of fused-ring (bicyclic) bond motifs is 1. The zero-order valence-corrected chi connectivity index (χ0v) is 20.9. The van der Waals surface area contributed by atoms with Crippen molar-refractivity contribution in [2.45, 2.75) is 43.0 Å². The highest BCUT2D eigenvalue weighted by atomic mass is 35.5. The predicted octanol–water partition coefficient (Wildman–Crippen LogP) is 5.24. The minimum absolute atomic E-state index is 0.0262. The molecule has 1 fully saturated rings. The molecule has 0 N–H and O–H groups in total. The summed E-state index contributed by atoms with van der Waals surface area (Å²) in [5.74, 6) is -0.459. The standard InChI is InChI=1S/C22H23Cl2N3O3S2/c1-26-20-18(13-12-17(23)19(20)24)31-22(26)25-21(28)14-8-10-16(11-9-14)32(29,30)27(2)15-6-4-3-5-7-15/h8-13,15H,3-7H2,1-2H3. The van der Waals surface area contributed by atoms with Crippen molar-refractivity contribution < 1.29 is 13.2 Å². The van der Waals surface area contributed by atoms with Gasteiger partial charge in [0.15, 0.2) is 4.80 Å². The van der Waals surface area contributed by atoms with Crippen LogP contribution in [-0.4, -0.2) is 36.3 Å². The van der Waals surface area contributed by atoms with Crippen molar-refractivity contribution in [2.75, 3.05) is 7.05 Å². The zero-order chi connectivity index (χ0) is 23.0. The number of carbonyl (C=O) groups is 1. The van der Waals surface area contributed by atoms with Gasteiger partial charge >= 0.3 is 0 Å². The lowest BCUT2D eigenvalue weighted by atomic mass is 9.96. The van der Waals surface area contributed by atoms with Gasteiger partial charge in [0, 0.05) is 25.7 Å². The third-order valence-corrected chi connectivity index (χ3v) is 9.74. The Balaban J connectivity index is 1.61. The van der Waals surface area contributed by atoms with E-state index in [0.29, 0.717) is 25.9 Å². The molecule has 1 aliphatic rings. The normalized spacial score (nSPS) is 16.2. The van der Waals surface area contributed by atoms with Crippen LogP contribution in [0.3, 0.4) is 0 Å². The lowest BCUT2D eigenvalue weighted by Gasteiger charge is -2.30. The molecule has 1 amide bonds. The van der Waals surface area contributed by atoms with Crippen molar-refractivity contribution in [3.63, 3.8) is 0 Å². The number of hydrogen-bond acceptors (Lipinski definition) is 4. The van der Waals surface area contributed by atoms with Gasteiger partial charge in [0.25, 0.3) is 5.91 Å². The van der Waals surface area contributed by atoms with Crippen LogP contribution in [0.1, 0.15) is 42.5 Å². The Morgan fingerprint density at radius 2 is 1.75 bits per heavy atom. The summed E-state index contributed by atoms with van der Waals surface area (Å²) in [5.41, 5.74) is 1.02. The number of aromatic nitrogens is 1. The van der Waals surface area contributed by atoms with Crippen LogP contribution in [0.4, 0.5) is 0 Å². The van der Waals surface area contributed by atoms with E-state index in [-0.39, 0.29) is 10.9 Å². The minimum atomic E-state index is -3.61. The number of nitrogens with zero attached hydrogens (tertiary/aromatic N) is 3. The number of amides is 1. The third kappa shape index (κ3) is 4.39. The molecule has 1 saturated carbocycles. The van der Waals surface area contributed by atoms with Gasteiger partial charge in [-0.15, -0.1) is 0 Å². The van der Waals surface area contributed by atoms with E-state index in [1.165, 1.54) is 39.9 Å². The van der Waals surface area contributed by atoms with Crippen LogP contribution < -0.4 is 4.80 Å². The summed E-state index contributed by atoms with van der Waals surface area (Å²) in [6.45, 7) is 0. The van der Waals surface area contributed by atoms with Gasteiger partial charge in [-0.2, -0.15) is 9.30 Å².